The Balaban J connectivity index is 1.41. The second-order valence-electron chi connectivity index (χ2n) is 7.10. The third-order valence-electron chi connectivity index (χ3n) is 5.21. The van der Waals surface area contributed by atoms with Crippen molar-refractivity contribution in [1.82, 2.24) is 15.1 Å². The SMILES string of the molecule is O=C(Cc1c(F)cccc1Cl)N1CCCN(c2cc(-c3ccccc3)[nH]n2)CC1. The quantitative estimate of drug-likeness (QED) is 0.700. The van der Waals surface area contributed by atoms with Crippen molar-refractivity contribution >= 4 is 23.3 Å². The molecule has 0 atom stereocenters. The maximum atomic E-state index is 14.0. The van der Waals surface area contributed by atoms with Gasteiger partial charge in [0, 0.05) is 42.8 Å². The predicted octanol–water partition coefficient (Wildman–Crippen LogP) is 4.15. The van der Waals surface area contributed by atoms with Crippen LogP contribution in [0.15, 0.2) is 54.6 Å². The molecule has 1 saturated heterocycles. The van der Waals surface area contributed by atoms with E-state index in [1.807, 2.05) is 36.4 Å². The smallest absolute Gasteiger partial charge is 0.227 e. The first kappa shape index (κ1) is 19.5. The molecule has 1 fully saturated rings. The number of rotatable bonds is 4. The van der Waals surface area contributed by atoms with Gasteiger partial charge in [-0.2, -0.15) is 5.10 Å². The van der Waals surface area contributed by atoms with Crippen LogP contribution in [0.5, 0.6) is 0 Å². The van der Waals surface area contributed by atoms with Crippen LogP contribution in [0.3, 0.4) is 0 Å². The van der Waals surface area contributed by atoms with E-state index in [0.717, 1.165) is 30.0 Å². The summed E-state index contributed by atoms with van der Waals surface area (Å²) in [5, 5.41) is 7.83. The first-order chi connectivity index (χ1) is 14.1. The van der Waals surface area contributed by atoms with E-state index in [0.29, 0.717) is 24.7 Å². The average Bonchev–Trinajstić information content (AvgIpc) is 3.09. The van der Waals surface area contributed by atoms with E-state index in [4.69, 9.17) is 11.6 Å². The van der Waals surface area contributed by atoms with Crippen LogP contribution in [0.4, 0.5) is 10.2 Å². The zero-order valence-electron chi connectivity index (χ0n) is 15.9. The highest BCUT2D eigenvalue weighted by atomic mass is 35.5. The number of halogens is 2. The first-order valence-corrected chi connectivity index (χ1v) is 10.1. The lowest BCUT2D eigenvalue weighted by molar-refractivity contribution is -0.130. The predicted molar refractivity (Wildman–Crippen MR) is 113 cm³/mol. The summed E-state index contributed by atoms with van der Waals surface area (Å²) in [7, 11) is 0. The van der Waals surface area contributed by atoms with Gasteiger partial charge in [-0.1, -0.05) is 48.0 Å². The number of H-pyrrole nitrogens is 1. The van der Waals surface area contributed by atoms with E-state index in [1.54, 1.807) is 17.0 Å². The molecule has 0 unspecified atom stereocenters. The van der Waals surface area contributed by atoms with Gasteiger partial charge in [-0.3, -0.25) is 9.89 Å². The Morgan fingerprint density at radius 3 is 2.69 bits per heavy atom. The van der Waals surface area contributed by atoms with E-state index >= 15 is 0 Å². The van der Waals surface area contributed by atoms with Gasteiger partial charge >= 0.3 is 0 Å². The van der Waals surface area contributed by atoms with Crippen molar-refractivity contribution in [1.29, 1.82) is 0 Å². The number of aromatic amines is 1. The number of anilines is 1. The van der Waals surface area contributed by atoms with Crippen LogP contribution < -0.4 is 4.90 Å². The topological polar surface area (TPSA) is 52.2 Å². The number of carbonyl (C=O) groups excluding carboxylic acids is 1. The number of nitrogens with one attached hydrogen (secondary N) is 1. The number of amides is 1. The molecule has 29 heavy (non-hydrogen) atoms. The second-order valence-corrected chi connectivity index (χ2v) is 7.51. The number of nitrogens with zero attached hydrogens (tertiary/aromatic N) is 3. The van der Waals surface area contributed by atoms with E-state index in [1.165, 1.54) is 6.07 Å². The highest BCUT2D eigenvalue weighted by molar-refractivity contribution is 6.31. The molecular weight excluding hydrogens is 391 g/mol. The molecule has 1 amide bonds. The largest absolute Gasteiger partial charge is 0.353 e. The highest BCUT2D eigenvalue weighted by Crippen LogP contribution is 2.23. The zero-order valence-corrected chi connectivity index (χ0v) is 16.7. The van der Waals surface area contributed by atoms with Crippen molar-refractivity contribution in [2.75, 3.05) is 31.1 Å². The Labute approximate surface area is 174 Å². The lowest BCUT2D eigenvalue weighted by Gasteiger charge is -2.22. The van der Waals surface area contributed by atoms with Crippen LogP contribution in [0.25, 0.3) is 11.3 Å². The molecule has 1 aromatic heterocycles. The van der Waals surface area contributed by atoms with Gasteiger partial charge in [0.1, 0.15) is 5.82 Å². The van der Waals surface area contributed by atoms with Crippen LogP contribution in [-0.2, 0) is 11.2 Å². The second kappa shape index (κ2) is 8.66. The Bertz CT molecular complexity index is 971. The van der Waals surface area contributed by atoms with Crippen molar-refractivity contribution in [3.8, 4) is 11.3 Å². The monoisotopic (exact) mass is 412 g/mol. The van der Waals surface area contributed by atoms with Crippen molar-refractivity contribution in [2.45, 2.75) is 12.8 Å². The van der Waals surface area contributed by atoms with E-state index in [2.05, 4.69) is 15.1 Å². The molecular formula is C22H22ClFN4O. The number of aromatic nitrogens is 2. The van der Waals surface area contributed by atoms with Crippen molar-refractivity contribution in [2.24, 2.45) is 0 Å². The molecule has 0 spiro atoms. The fourth-order valence-electron chi connectivity index (χ4n) is 3.60. The van der Waals surface area contributed by atoms with Crippen LogP contribution in [0, 0.1) is 5.82 Å². The van der Waals surface area contributed by atoms with Gasteiger partial charge in [0.2, 0.25) is 5.91 Å². The average molecular weight is 413 g/mol. The van der Waals surface area contributed by atoms with Crippen LogP contribution in [-0.4, -0.2) is 47.2 Å². The Kier molecular flexibility index (Phi) is 5.81. The number of benzene rings is 2. The summed E-state index contributed by atoms with van der Waals surface area (Å²) >= 11 is 6.07. The molecule has 1 N–H and O–H groups in total. The van der Waals surface area contributed by atoms with Gasteiger partial charge in [-0.25, -0.2) is 4.39 Å². The molecule has 3 aromatic rings. The molecule has 1 aliphatic rings. The number of carbonyl (C=O) groups is 1. The van der Waals surface area contributed by atoms with Gasteiger partial charge in [0.25, 0.3) is 0 Å². The standard InChI is InChI=1S/C22H22ClFN4O/c23-18-8-4-9-19(24)17(18)14-22(29)28-11-5-10-27(12-13-28)21-15-20(25-26-21)16-6-2-1-3-7-16/h1-4,6-9,15H,5,10-14H2,(H,25,26). The summed E-state index contributed by atoms with van der Waals surface area (Å²) < 4.78 is 14.0. The highest BCUT2D eigenvalue weighted by Gasteiger charge is 2.22. The van der Waals surface area contributed by atoms with Crippen LogP contribution in [0.2, 0.25) is 5.02 Å². The molecule has 150 valence electrons. The lowest BCUT2D eigenvalue weighted by atomic mass is 10.1. The number of hydrogen-bond donors (Lipinski definition) is 1. The third-order valence-corrected chi connectivity index (χ3v) is 5.57. The van der Waals surface area contributed by atoms with Gasteiger partial charge < -0.3 is 9.80 Å². The summed E-state index contributed by atoms with van der Waals surface area (Å²) in [6.45, 7) is 2.69. The molecule has 5 nitrogen and oxygen atoms in total. The molecule has 0 saturated carbocycles. The van der Waals surface area contributed by atoms with E-state index in [-0.39, 0.29) is 17.9 Å². The van der Waals surface area contributed by atoms with Crippen molar-refractivity contribution < 1.29 is 9.18 Å². The lowest BCUT2D eigenvalue weighted by Crippen LogP contribution is -2.36. The summed E-state index contributed by atoms with van der Waals surface area (Å²) in [5.74, 6) is 0.327. The minimum Gasteiger partial charge on any atom is -0.353 e. The van der Waals surface area contributed by atoms with Crippen molar-refractivity contribution in [3.63, 3.8) is 0 Å². The number of hydrogen-bond acceptors (Lipinski definition) is 3. The normalized spacial score (nSPS) is 14.7. The van der Waals surface area contributed by atoms with Crippen LogP contribution in [0.1, 0.15) is 12.0 Å². The van der Waals surface area contributed by atoms with Crippen LogP contribution >= 0.6 is 11.6 Å². The maximum Gasteiger partial charge on any atom is 0.227 e. The summed E-state index contributed by atoms with van der Waals surface area (Å²) in [5.41, 5.74) is 2.31. The van der Waals surface area contributed by atoms with Gasteiger partial charge in [0.15, 0.2) is 5.82 Å². The zero-order chi connectivity index (χ0) is 20.2. The molecule has 0 radical (unpaired) electrons. The Morgan fingerprint density at radius 1 is 1.07 bits per heavy atom. The summed E-state index contributed by atoms with van der Waals surface area (Å²) in [4.78, 5) is 16.7. The fraction of sp³-hybridized carbons (Fsp3) is 0.273. The maximum absolute atomic E-state index is 14.0. The molecule has 1 aliphatic heterocycles. The minimum atomic E-state index is -0.438. The van der Waals surface area contributed by atoms with E-state index in [9.17, 15) is 9.18 Å². The Hall–Kier alpha value is -2.86. The molecule has 7 heteroatoms. The van der Waals surface area contributed by atoms with Crippen molar-refractivity contribution in [3.05, 3.63) is 71.0 Å². The van der Waals surface area contributed by atoms with Gasteiger partial charge in [-0.05, 0) is 24.1 Å². The summed E-state index contributed by atoms with van der Waals surface area (Å²) in [6.07, 6.45) is 0.802. The van der Waals surface area contributed by atoms with Gasteiger partial charge in [-0.15, -0.1) is 0 Å². The molecule has 0 bridgehead atoms. The van der Waals surface area contributed by atoms with E-state index < -0.39 is 5.82 Å². The Morgan fingerprint density at radius 2 is 1.90 bits per heavy atom. The molecule has 0 aliphatic carbocycles. The van der Waals surface area contributed by atoms with Gasteiger partial charge in [0.05, 0.1) is 12.1 Å². The fourth-order valence-corrected chi connectivity index (χ4v) is 3.83. The molecule has 2 aromatic carbocycles. The third kappa shape index (κ3) is 4.43. The minimum absolute atomic E-state index is 0.0218. The molecule has 4 rings (SSSR count). The molecule has 2 heterocycles. The summed E-state index contributed by atoms with van der Waals surface area (Å²) in [6, 6.07) is 16.6. The first-order valence-electron chi connectivity index (χ1n) is 9.68.